The number of methoxy groups -OCH3 is 1. The van der Waals surface area contributed by atoms with Gasteiger partial charge in [-0.1, -0.05) is 0 Å². The number of nitrogens with zero attached hydrogens (tertiary/aromatic N) is 4. The Morgan fingerprint density at radius 2 is 2.03 bits per heavy atom. The Balaban J connectivity index is 1.88. The number of ether oxygens (including phenoxy) is 2. The fraction of sp³-hybridized carbons (Fsp3) is 0.136. The summed E-state index contributed by atoms with van der Waals surface area (Å²) in [7, 11) is 1.45. The van der Waals surface area contributed by atoms with Crippen LogP contribution in [-0.4, -0.2) is 29.0 Å². The lowest BCUT2D eigenvalue weighted by Crippen LogP contribution is -2.22. The van der Waals surface area contributed by atoms with Crippen LogP contribution in [0.4, 0.5) is 0 Å². The maximum atomic E-state index is 12.4. The number of hydrogen-bond donors (Lipinski definition) is 0. The second-order valence-electron chi connectivity index (χ2n) is 6.36. The van der Waals surface area contributed by atoms with Gasteiger partial charge >= 0.3 is 5.97 Å². The van der Waals surface area contributed by atoms with Crippen LogP contribution in [-0.2, 0) is 0 Å². The standard InChI is InChI=1S/C22H18N4O4/c1-14-9-15(2)26(21(27)18(14)11-23)25-12-16-6-7-19(20(10-16)29-3)30-22(28)17-5-4-8-24-13-17/h4-10,12-13H,1-3H3/b25-12+. The zero-order valence-electron chi connectivity index (χ0n) is 16.6. The van der Waals surface area contributed by atoms with Crippen LogP contribution in [0, 0.1) is 25.2 Å². The van der Waals surface area contributed by atoms with Crippen molar-refractivity contribution >= 4 is 12.2 Å². The van der Waals surface area contributed by atoms with Crippen LogP contribution in [0.1, 0.15) is 32.7 Å². The molecule has 0 amide bonds. The number of carbonyl (C=O) groups is 1. The molecule has 0 fully saturated rings. The summed E-state index contributed by atoms with van der Waals surface area (Å²) in [4.78, 5) is 28.6. The van der Waals surface area contributed by atoms with E-state index in [9.17, 15) is 14.9 Å². The zero-order chi connectivity index (χ0) is 21.7. The smallest absolute Gasteiger partial charge is 0.345 e. The second kappa shape index (κ2) is 8.84. The van der Waals surface area contributed by atoms with E-state index < -0.39 is 11.5 Å². The van der Waals surface area contributed by atoms with Crippen molar-refractivity contribution in [3.05, 3.63) is 87.1 Å². The maximum absolute atomic E-state index is 12.4. The van der Waals surface area contributed by atoms with Crippen LogP contribution in [0.5, 0.6) is 11.5 Å². The molecule has 8 nitrogen and oxygen atoms in total. The molecule has 0 saturated carbocycles. The van der Waals surface area contributed by atoms with E-state index in [0.717, 1.165) is 4.68 Å². The van der Waals surface area contributed by atoms with Crippen LogP contribution >= 0.6 is 0 Å². The molecule has 0 aliphatic heterocycles. The number of aryl methyl sites for hydroxylation is 2. The summed E-state index contributed by atoms with van der Waals surface area (Å²) in [5.41, 5.74) is 1.69. The monoisotopic (exact) mass is 402 g/mol. The SMILES string of the molecule is COc1cc(/C=N/n2c(C)cc(C)c(C#N)c2=O)ccc1OC(=O)c1cccnc1. The lowest BCUT2D eigenvalue weighted by Gasteiger charge is -2.10. The topological polar surface area (TPSA) is 107 Å². The highest BCUT2D eigenvalue weighted by Crippen LogP contribution is 2.28. The van der Waals surface area contributed by atoms with Gasteiger partial charge in [0.2, 0.25) is 0 Å². The number of esters is 1. The highest BCUT2D eigenvalue weighted by Gasteiger charge is 2.13. The molecule has 0 bridgehead atoms. The lowest BCUT2D eigenvalue weighted by molar-refractivity contribution is 0.0729. The predicted molar refractivity (Wildman–Crippen MR) is 110 cm³/mol. The summed E-state index contributed by atoms with van der Waals surface area (Å²) < 4.78 is 11.9. The molecule has 0 saturated heterocycles. The van der Waals surface area contributed by atoms with Gasteiger partial charge < -0.3 is 9.47 Å². The first-order chi connectivity index (χ1) is 14.4. The fourth-order valence-corrected chi connectivity index (χ4v) is 2.78. The van der Waals surface area contributed by atoms with E-state index in [1.807, 2.05) is 6.07 Å². The number of pyridine rings is 2. The lowest BCUT2D eigenvalue weighted by atomic mass is 10.1. The number of carbonyl (C=O) groups excluding carboxylic acids is 1. The molecule has 8 heteroatoms. The van der Waals surface area contributed by atoms with Crippen molar-refractivity contribution in [1.82, 2.24) is 9.66 Å². The van der Waals surface area contributed by atoms with Crippen LogP contribution in [0.3, 0.4) is 0 Å². The van der Waals surface area contributed by atoms with Crippen molar-refractivity contribution < 1.29 is 14.3 Å². The van der Waals surface area contributed by atoms with Crippen LogP contribution < -0.4 is 15.0 Å². The molecule has 3 aromatic rings. The summed E-state index contributed by atoms with van der Waals surface area (Å²) in [6, 6.07) is 11.7. The maximum Gasteiger partial charge on any atom is 0.345 e. The molecule has 0 atom stereocenters. The van der Waals surface area contributed by atoms with Gasteiger partial charge in [0, 0.05) is 18.1 Å². The molecule has 150 valence electrons. The molecule has 1 aromatic carbocycles. The Labute approximate surface area is 172 Å². The Morgan fingerprint density at radius 1 is 1.23 bits per heavy atom. The molecule has 0 unspecified atom stereocenters. The van der Waals surface area contributed by atoms with E-state index in [2.05, 4.69) is 10.1 Å². The molecule has 2 heterocycles. The third-order valence-corrected chi connectivity index (χ3v) is 4.28. The van der Waals surface area contributed by atoms with E-state index in [-0.39, 0.29) is 11.3 Å². The van der Waals surface area contributed by atoms with Gasteiger partial charge in [-0.15, -0.1) is 0 Å². The second-order valence-corrected chi connectivity index (χ2v) is 6.36. The predicted octanol–water partition coefficient (Wildman–Crippen LogP) is 2.84. The van der Waals surface area contributed by atoms with Gasteiger partial charge in [-0.25, -0.2) is 9.47 Å². The molecule has 0 spiro atoms. The Kier molecular flexibility index (Phi) is 6.03. The minimum absolute atomic E-state index is 0.0491. The van der Waals surface area contributed by atoms with E-state index >= 15 is 0 Å². The van der Waals surface area contributed by atoms with Gasteiger partial charge in [0.25, 0.3) is 5.56 Å². The number of nitriles is 1. The highest BCUT2D eigenvalue weighted by atomic mass is 16.6. The Morgan fingerprint density at radius 3 is 2.70 bits per heavy atom. The number of aromatic nitrogens is 2. The van der Waals surface area contributed by atoms with E-state index in [1.165, 1.54) is 19.5 Å². The molecule has 3 rings (SSSR count). The first-order valence-corrected chi connectivity index (χ1v) is 8.92. The molecule has 0 radical (unpaired) electrons. The summed E-state index contributed by atoms with van der Waals surface area (Å²) in [6.45, 7) is 3.44. The molecular weight excluding hydrogens is 384 g/mol. The van der Waals surface area contributed by atoms with E-state index in [0.29, 0.717) is 28.1 Å². The molecule has 0 N–H and O–H groups in total. The van der Waals surface area contributed by atoms with Gasteiger partial charge in [0.15, 0.2) is 11.5 Å². The largest absolute Gasteiger partial charge is 0.493 e. The summed E-state index contributed by atoms with van der Waals surface area (Å²) in [5, 5.41) is 13.4. The van der Waals surface area contributed by atoms with Gasteiger partial charge in [0.1, 0.15) is 11.6 Å². The van der Waals surface area contributed by atoms with Crippen molar-refractivity contribution in [3.8, 4) is 17.6 Å². The molecule has 2 aromatic heterocycles. The first-order valence-electron chi connectivity index (χ1n) is 8.92. The zero-order valence-corrected chi connectivity index (χ0v) is 16.6. The Bertz CT molecular complexity index is 1220. The molecule has 0 aliphatic rings. The summed E-state index contributed by atoms with van der Waals surface area (Å²) in [5.74, 6) is -0.00508. The van der Waals surface area contributed by atoms with E-state index in [4.69, 9.17) is 9.47 Å². The molecule has 30 heavy (non-hydrogen) atoms. The van der Waals surface area contributed by atoms with E-state index in [1.54, 1.807) is 56.4 Å². The number of hydrogen-bond acceptors (Lipinski definition) is 7. The average Bonchev–Trinajstić information content (AvgIpc) is 2.75. The van der Waals surface area contributed by atoms with Gasteiger partial charge in [-0.05, 0) is 61.4 Å². The number of benzene rings is 1. The van der Waals surface area contributed by atoms with Crippen molar-refractivity contribution in [1.29, 1.82) is 5.26 Å². The van der Waals surface area contributed by atoms with Gasteiger partial charge in [-0.3, -0.25) is 9.78 Å². The van der Waals surface area contributed by atoms with Crippen molar-refractivity contribution in [2.24, 2.45) is 5.10 Å². The minimum atomic E-state index is -0.561. The van der Waals surface area contributed by atoms with Crippen LogP contribution in [0.25, 0.3) is 0 Å². The first kappa shape index (κ1) is 20.5. The third kappa shape index (κ3) is 4.25. The molecular formula is C22H18N4O4. The highest BCUT2D eigenvalue weighted by molar-refractivity contribution is 5.91. The Hall–Kier alpha value is -4.25. The fourth-order valence-electron chi connectivity index (χ4n) is 2.78. The average molecular weight is 402 g/mol. The van der Waals surface area contributed by atoms with Crippen molar-refractivity contribution in [2.75, 3.05) is 7.11 Å². The van der Waals surface area contributed by atoms with Gasteiger partial charge in [0.05, 0.1) is 18.9 Å². The quantitative estimate of drug-likeness (QED) is 0.369. The van der Waals surface area contributed by atoms with Crippen molar-refractivity contribution in [3.63, 3.8) is 0 Å². The minimum Gasteiger partial charge on any atom is -0.493 e. The summed E-state index contributed by atoms with van der Waals surface area (Å²) >= 11 is 0. The normalized spacial score (nSPS) is 10.6. The molecule has 0 aliphatic carbocycles. The van der Waals surface area contributed by atoms with Gasteiger partial charge in [-0.2, -0.15) is 10.4 Å². The van der Waals surface area contributed by atoms with Crippen LogP contribution in [0.2, 0.25) is 0 Å². The van der Waals surface area contributed by atoms with Crippen molar-refractivity contribution in [2.45, 2.75) is 13.8 Å². The third-order valence-electron chi connectivity index (χ3n) is 4.28. The summed E-state index contributed by atoms with van der Waals surface area (Å²) in [6.07, 6.45) is 4.43. The van der Waals surface area contributed by atoms with Crippen LogP contribution in [0.15, 0.2) is 58.7 Å². The number of rotatable bonds is 5.